The van der Waals surface area contributed by atoms with E-state index in [-0.39, 0.29) is 92.6 Å². The van der Waals surface area contributed by atoms with E-state index in [1.165, 1.54) is 33.8 Å². The number of carbonyl (C=O) groups is 11. The van der Waals surface area contributed by atoms with Crippen molar-refractivity contribution in [3.8, 4) is 0 Å². The number of likely N-dealkylation sites (tertiary alicyclic amines) is 1. The summed E-state index contributed by atoms with van der Waals surface area (Å²) in [7, 11) is 6.12. The molecule has 28 heteroatoms. The summed E-state index contributed by atoms with van der Waals surface area (Å²) in [5.41, 5.74) is 2.01. The summed E-state index contributed by atoms with van der Waals surface area (Å²) in [4.78, 5) is 160. The summed E-state index contributed by atoms with van der Waals surface area (Å²) in [6, 6.07) is 13.1. The van der Waals surface area contributed by atoms with Crippen LogP contribution in [0.2, 0.25) is 0 Å². The Balaban J connectivity index is 1.06. The maximum absolute atomic E-state index is 14.4. The van der Waals surface area contributed by atoms with Gasteiger partial charge in [0.05, 0.1) is 86.6 Å². The van der Waals surface area contributed by atoms with E-state index < -0.39 is 103 Å². The fourth-order valence-electron chi connectivity index (χ4n) is 11.8. The number of nitrogens with zero attached hydrogens (tertiary/aromatic N) is 7. The van der Waals surface area contributed by atoms with Gasteiger partial charge >= 0.3 is 6.09 Å². The van der Waals surface area contributed by atoms with E-state index in [1.807, 2.05) is 51.1 Å². The van der Waals surface area contributed by atoms with Crippen LogP contribution in [0.1, 0.15) is 91.7 Å². The Labute approximate surface area is 567 Å². The summed E-state index contributed by atoms with van der Waals surface area (Å²) in [5, 5.41) is 14.8. The molecule has 3 heterocycles. The zero-order valence-electron chi connectivity index (χ0n) is 56.8. The molecule has 26 nitrogen and oxygen atoms in total. The highest BCUT2D eigenvalue weighted by atomic mass is 32.2. The molecule has 5 rings (SSSR count). The Kier molecular flexibility index (Phi) is 31.7. The molecule has 2 saturated heterocycles. The van der Waals surface area contributed by atoms with Gasteiger partial charge in [0.15, 0.2) is 0 Å². The minimum absolute atomic E-state index is 0.0132. The highest BCUT2D eigenvalue weighted by Gasteiger charge is 2.43. The normalized spacial score (nSPS) is 17.2. The van der Waals surface area contributed by atoms with Gasteiger partial charge in [0.1, 0.15) is 18.7 Å². The Morgan fingerprint density at radius 2 is 1.39 bits per heavy atom. The summed E-state index contributed by atoms with van der Waals surface area (Å²) >= 11 is 2.81. The molecule has 5 N–H and O–H groups in total. The maximum atomic E-state index is 14.4. The molecule has 0 aromatic heterocycles. The van der Waals surface area contributed by atoms with Crippen molar-refractivity contribution in [1.29, 1.82) is 0 Å². The van der Waals surface area contributed by atoms with Gasteiger partial charge in [0.25, 0.3) is 0 Å². The van der Waals surface area contributed by atoms with Crippen LogP contribution in [-0.4, -0.2) is 234 Å². The minimum Gasteiger partial charge on any atom is -0.445 e. The summed E-state index contributed by atoms with van der Waals surface area (Å²) in [6.45, 7) is 19.8. The third-order valence-corrected chi connectivity index (χ3v) is 19.2. The Morgan fingerprint density at radius 1 is 0.747 bits per heavy atom. The van der Waals surface area contributed by atoms with Crippen molar-refractivity contribution in [3.05, 3.63) is 91.0 Å². The molecule has 9 atom stereocenters. The van der Waals surface area contributed by atoms with Gasteiger partial charge in [-0.05, 0) is 72.4 Å². The predicted octanol–water partition coefficient (Wildman–Crippen LogP) is 4.25. The largest absolute Gasteiger partial charge is 0.445 e. The average Bonchev–Trinajstić information content (AvgIpc) is 1.79. The number of rotatable bonds is 35. The van der Waals surface area contributed by atoms with Crippen molar-refractivity contribution in [2.45, 2.75) is 136 Å². The topological polar surface area (TPSA) is 307 Å². The molecule has 2 unspecified atom stereocenters. The van der Waals surface area contributed by atoms with Gasteiger partial charge < -0.3 is 65.3 Å². The Morgan fingerprint density at radius 3 is 1.97 bits per heavy atom. The lowest BCUT2D eigenvalue weighted by atomic mass is 9.90. The fourth-order valence-corrected chi connectivity index (χ4v) is 13.4. The molecule has 0 bridgehead atoms. The number of ether oxygens (including phenoxy) is 3. The van der Waals surface area contributed by atoms with Crippen LogP contribution >= 0.6 is 23.5 Å². The lowest BCUT2D eigenvalue weighted by molar-refractivity contribution is -0.154. The molecule has 0 spiro atoms. The van der Waals surface area contributed by atoms with Crippen LogP contribution < -0.4 is 26.6 Å². The van der Waals surface area contributed by atoms with Crippen LogP contribution in [-0.2, 0) is 75.2 Å². The lowest BCUT2D eigenvalue weighted by Crippen LogP contribution is -2.59. The first-order valence-corrected chi connectivity index (χ1v) is 34.3. The SMILES string of the molecule is C=CC(=O)N1CN(C(=O)C=C)CN(C(=O)CCSCC(=O)NC(C(=O)NCC(=O)Nc2ccc(COC(=O)N(C)C(C(=O)NCC(=O)N(C)[C@@H]([C@H](C)CC)[C@@H](CC(=O)N3CCC[C@H]3[C@H](OC)[C@@H](C)C(=O)N[C@@H](Cc3ccccc3)C3=NCCS3)OC)C(C)C)cc2)C(C)C)C1. The smallest absolute Gasteiger partial charge is 0.410 e. The zero-order valence-corrected chi connectivity index (χ0v) is 58.4. The Hall–Kier alpha value is -7.82. The van der Waals surface area contributed by atoms with Gasteiger partial charge in [0.2, 0.25) is 59.1 Å². The van der Waals surface area contributed by atoms with Gasteiger partial charge in [0, 0.05) is 65.0 Å². The number of amides is 11. The van der Waals surface area contributed by atoms with Crippen molar-refractivity contribution < 1.29 is 67.0 Å². The number of hydrogen-bond donors (Lipinski definition) is 5. The summed E-state index contributed by atoms with van der Waals surface area (Å²) < 4.78 is 17.7. The number of likely N-dealkylation sites (N-methyl/N-ethyl adjacent to an activating group) is 2. The molecule has 2 aromatic carbocycles. The van der Waals surface area contributed by atoms with E-state index in [0.717, 1.165) is 45.2 Å². The summed E-state index contributed by atoms with van der Waals surface area (Å²) in [5.74, 6) is -4.72. The molecule has 11 amide bonds. The monoisotopic (exact) mass is 1360 g/mol. The lowest BCUT2D eigenvalue weighted by Gasteiger charge is -2.41. The highest BCUT2D eigenvalue weighted by Crippen LogP contribution is 2.30. The molecule has 2 fully saturated rings. The number of benzene rings is 2. The van der Waals surface area contributed by atoms with E-state index in [1.54, 1.807) is 82.8 Å². The molecule has 0 radical (unpaired) electrons. The molecular formula is C67H98N12O14S2. The molecular weight excluding hydrogens is 1260 g/mol. The second-order valence-corrected chi connectivity index (χ2v) is 26.8. The van der Waals surface area contributed by atoms with Crippen LogP contribution in [0, 0.1) is 23.7 Å². The van der Waals surface area contributed by atoms with Gasteiger partial charge in [-0.3, -0.25) is 57.8 Å². The maximum Gasteiger partial charge on any atom is 0.410 e. The molecule has 3 aliphatic heterocycles. The number of hydrogen-bond acceptors (Lipinski definition) is 17. The highest BCUT2D eigenvalue weighted by molar-refractivity contribution is 8.14. The van der Waals surface area contributed by atoms with Crippen LogP contribution in [0.15, 0.2) is 84.9 Å². The number of thioether (sulfide) groups is 2. The second-order valence-electron chi connectivity index (χ2n) is 24.6. The van der Waals surface area contributed by atoms with E-state index in [4.69, 9.17) is 14.2 Å². The third kappa shape index (κ3) is 22.9. The van der Waals surface area contributed by atoms with Gasteiger partial charge in [-0.1, -0.05) is 111 Å². The van der Waals surface area contributed by atoms with Crippen LogP contribution in [0.25, 0.3) is 0 Å². The number of methoxy groups -OCH3 is 2. The molecule has 3 aliphatic rings. The van der Waals surface area contributed by atoms with Crippen molar-refractivity contribution >= 4 is 99.4 Å². The van der Waals surface area contributed by atoms with E-state index in [9.17, 15) is 52.7 Å². The standard InChI is InChI=1S/C67H98N12O14S2/c1-14-44(8)61(51(91-12)34-57(85)79-30-20-23-50(79)62(92-13)45(9)63(87)72-49(66-68-29-32-95-66)33-46-21-18-17-19-22-46)74(10)58(86)36-70-65(89)60(43(6)7)75(11)67(90)93-37-47-24-26-48(27-25-47)71-52(80)35-69-64(88)59(42(4)5)73-53(81)38-94-31-28-56(84)78-40-76(54(82)15-2)39-77(41-78)55(83)16-3/h15-19,21-22,24-27,42-45,49-51,59-62H,2-3,14,20,23,28-41H2,1,4-13H3,(H,69,88)(H,70,89)(H,71,80)(H,72,87)(H,73,81)/t44-,45-,49+,50+,51-,59?,60?,61+,62-/m1/s1. The molecule has 522 valence electrons. The predicted molar refractivity (Wildman–Crippen MR) is 365 cm³/mol. The number of nitrogens with one attached hydrogen (secondary N) is 5. The molecule has 95 heavy (non-hydrogen) atoms. The van der Waals surface area contributed by atoms with Crippen LogP contribution in [0.4, 0.5) is 10.5 Å². The van der Waals surface area contributed by atoms with Crippen molar-refractivity contribution in [3.63, 3.8) is 0 Å². The van der Waals surface area contributed by atoms with E-state index in [0.29, 0.717) is 50.0 Å². The fraction of sp³-hybridized carbons (Fsp3) is 0.582. The number of carbonyl (C=O) groups excluding carboxylic acids is 11. The zero-order chi connectivity index (χ0) is 70.1. The molecule has 2 aromatic rings. The first-order valence-electron chi connectivity index (χ1n) is 32.2. The molecule has 0 saturated carbocycles. The second kappa shape index (κ2) is 38.7. The van der Waals surface area contributed by atoms with Gasteiger partial charge in [-0.15, -0.1) is 11.8 Å². The van der Waals surface area contributed by atoms with Crippen molar-refractivity contribution in [2.24, 2.45) is 28.7 Å². The Bertz CT molecular complexity index is 3000. The first kappa shape index (κ1) is 77.9. The van der Waals surface area contributed by atoms with Crippen molar-refractivity contribution in [1.82, 2.24) is 50.7 Å². The molecule has 0 aliphatic carbocycles. The quantitative estimate of drug-likeness (QED) is 0.0476. The number of aliphatic imine (C=N–C) groups is 1. The van der Waals surface area contributed by atoms with Gasteiger partial charge in [-0.25, -0.2) is 4.79 Å². The van der Waals surface area contributed by atoms with Crippen molar-refractivity contribution in [2.75, 3.05) is 97.1 Å². The van der Waals surface area contributed by atoms with E-state index in [2.05, 4.69) is 44.7 Å². The van der Waals surface area contributed by atoms with Crippen LogP contribution in [0.5, 0.6) is 0 Å². The summed E-state index contributed by atoms with van der Waals surface area (Å²) in [6.07, 6.45) is 2.59. The number of anilines is 1. The van der Waals surface area contributed by atoms with E-state index >= 15 is 0 Å². The van der Waals surface area contributed by atoms with Crippen LogP contribution in [0.3, 0.4) is 0 Å². The average molecular weight is 1360 g/mol. The first-order chi connectivity index (χ1) is 45.3. The van der Waals surface area contributed by atoms with Gasteiger partial charge in [-0.2, -0.15) is 11.8 Å². The minimum atomic E-state index is -1.04. The third-order valence-electron chi connectivity index (χ3n) is 17.2.